The molecule has 0 saturated heterocycles. The summed E-state index contributed by atoms with van der Waals surface area (Å²) in [5, 5.41) is 3.90. The maximum atomic E-state index is 6.52. The fraction of sp³-hybridized carbons (Fsp3) is 0.143. The molecular weight excluding hydrogens is 364 g/mol. The molecule has 3 rings (SSSR count). The molecule has 0 aliphatic heterocycles. The highest BCUT2D eigenvalue weighted by atomic mass is 35.5. The average Bonchev–Trinajstić information content (AvgIpc) is 2.64. The first-order valence-corrected chi connectivity index (χ1v) is 9.12. The molecule has 0 spiro atoms. The van der Waals surface area contributed by atoms with Gasteiger partial charge in [-0.15, -0.1) is 0 Å². The Bertz CT molecular complexity index is 943. The molecule has 26 heavy (non-hydrogen) atoms. The van der Waals surface area contributed by atoms with E-state index in [1.54, 1.807) is 12.4 Å². The molecular formula is C21H19ClN2OS. The Balaban J connectivity index is 1.87. The lowest BCUT2D eigenvalue weighted by molar-refractivity contribution is 0.341. The molecule has 3 aromatic rings. The summed E-state index contributed by atoms with van der Waals surface area (Å²) in [7, 11) is 0. The summed E-state index contributed by atoms with van der Waals surface area (Å²) < 4.78 is 5.62. The van der Waals surface area contributed by atoms with E-state index in [4.69, 9.17) is 28.6 Å². The summed E-state index contributed by atoms with van der Waals surface area (Å²) >= 11 is 12.2. The van der Waals surface area contributed by atoms with Crippen LogP contribution in [0.3, 0.4) is 0 Å². The largest absolute Gasteiger partial charge is 0.492 e. The van der Waals surface area contributed by atoms with Gasteiger partial charge in [0.05, 0.1) is 28.4 Å². The van der Waals surface area contributed by atoms with Gasteiger partial charge in [-0.3, -0.25) is 4.98 Å². The van der Waals surface area contributed by atoms with Gasteiger partial charge in [0.1, 0.15) is 5.75 Å². The lowest BCUT2D eigenvalue weighted by atomic mass is 10.00. The van der Waals surface area contributed by atoms with Crippen molar-refractivity contribution >= 4 is 40.1 Å². The zero-order valence-corrected chi connectivity index (χ0v) is 16.2. The van der Waals surface area contributed by atoms with Crippen LogP contribution in [-0.4, -0.2) is 16.5 Å². The Kier molecular flexibility index (Phi) is 5.86. The van der Waals surface area contributed by atoms with Gasteiger partial charge in [0.15, 0.2) is 0 Å². The van der Waals surface area contributed by atoms with Crippen LogP contribution < -0.4 is 10.1 Å². The number of anilines is 2. The van der Waals surface area contributed by atoms with Gasteiger partial charge in [-0.2, -0.15) is 0 Å². The zero-order valence-electron chi connectivity index (χ0n) is 14.6. The number of hydrogen-bond donors (Lipinski definition) is 1. The molecule has 0 saturated carbocycles. The number of rotatable bonds is 6. The number of hydrogen-bond acceptors (Lipinski definition) is 4. The molecule has 0 amide bonds. The first-order chi connectivity index (χ1) is 12.6. The number of nitrogens with zero attached hydrogens (tertiary/aromatic N) is 1. The quantitative estimate of drug-likeness (QED) is 0.421. The normalized spacial score (nSPS) is 10.4. The number of aromatic nitrogens is 1. The van der Waals surface area contributed by atoms with E-state index in [0.717, 1.165) is 38.7 Å². The SMILES string of the molecule is CCOc1ccncc1Nc1ccc(C(=S)c2ccccc2C)c(Cl)c1. The molecule has 0 unspecified atom stereocenters. The molecule has 0 fully saturated rings. The van der Waals surface area contributed by atoms with E-state index in [2.05, 4.69) is 10.3 Å². The molecule has 1 aromatic heterocycles. The fourth-order valence-corrected chi connectivity index (χ4v) is 3.40. The number of halogens is 1. The monoisotopic (exact) mass is 382 g/mol. The fourth-order valence-electron chi connectivity index (χ4n) is 2.66. The molecule has 132 valence electrons. The first kappa shape index (κ1) is 18.4. The highest BCUT2D eigenvalue weighted by molar-refractivity contribution is 7.81. The van der Waals surface area contributed by atoms with E-state index in [1.807, 2.05) is 62.4 Å². The second kappa shape index (κ2) is 8.30. The molecule has 2 aromatic carbocycles. The van der Waals surface area contributed by atoms with Crippen molar-refractivity contribution in [2.45, 2.75) is 13.8 Å². The predicted molar refractivity (Wildman–Crippen MR) is 112 cm³/mol. The smallest absolute Gasteiger partial charge is 0.145 e. The van der Waals surface area contributed by atoms with Crippen molar-refractivity contribution in [1.29, 1.82) is 0 Å². The van der Waals surface area contributed by atoms with Gasteiger partial charge in [0.2, 0.25) is 0 Å². The van der Waals surface area contributed by atoms with Crippen LogP contribution in [0.1, 0.15) is 23.6 Å². The van der Waals surface area contributed by atoms with E-state index in [0.29, 0.717) is 11.6 Å². The van der Waals surface area contributed by atoms with E-state index >= 15 is 0 Å². The molecule has 0 aliphatic carbocycles. The summed E-state index contributed by atoms with van der Waals surface area (Å²) in [6.07, 6.45) is 3.43. The number of aryl methyl sites for hydroxylation is 1. The second-order valence-electron chi connectivity index (χ2n) is 5.77. The van der Waals surface area contributed by atoms with Crippen LogP contribution in [0.5, 0.6) is 5.75 Å². The molecule has 0 bridgehead atoms. The van der Waals surface area contributed by atoms with Crippen molar-refractivity contribution in [3.05, 3.63) is 82.6 Å². The Morgan fingerprint density at radius 2 is 1.96 bits per heavy atom. The van der Waals surface area contributed by atoms with Crippen molar-refractivity contribution in [3.8, 4) is 5.75 Å². The van der Waals surface area contributed by atoms with Crippen molar-refractivity contribution in [3.63, 3.8) is 0 Å². The van der Waals surface area contributed by atoms with Gasteiger partial charge in [0, 0.05) is 23.5 Å². The lowest BCUT2D eigenvalue weighted by Gasteiger charge is -2.14. The number of benzene rings is 2. The van der Waals surface area contributed by atoms with Crippen molar-refractivity contribution < 1.29 is 4.74 Å². The zero-order chi connectivity index (χ0) is 18.5. The minimum absolute atomic E-state index is 0.586. The Labute approximate surface area is 164 Å². The molecule has 0 aliphatic rings. The van der Waals surface area contributed by atoms with Gasteiger partial charge < -0.3 is 10.1 Å². The van der Waals surface area contributed by atoms with E-state index in [9.17, 15) is 0 Å². The van der Waals surface area contributed by atoms with E-state index < -0.39 is 0 Å². The van der Waals surface area contributed by atoms with Crippen LogP contribution in [-0.2, 0) is 0 Å². The molecule has 1 heterocycles. The van der Waals surface area contributed by atoms with Gasteiger partial charge >= 0.3 is 0 Å². The van der Waals surface area contributed by atoms with E-state index in [-0.39, 0.29) is 0 Å². The van der Waals surface area contributed by atoms with Crippen LogP contribution >= 0.6 is 23.8 Å². The van der Waals surface area contributed by atoms with Crippen LogP contribution in [0.4, 0.5) is 11.4 Å². The lowest BCUT2D eigenvalue weighted by Crippen LogP contribution is -2.04. The Morgan fingerprint density at radius 1 is 1.15 bits per heavy atom. The summed E-state index contributed by atoms with van der Waals surface area (Å²) in [5.41, 5.74) is 4.64. The minimum atomic E-state index is 0.586. The van der Waals surface area contributed by atoms with E-state index in [1.165, 1.54) is 0 Å². The molecule has 0 radical (unpaired) electrons. The highest BCUT2D eigenvalue weighted by Gasteiger charge is 2.12. The number of pyridine rings is 1. The van der Waals surface area contributed by atoms with Crippen molar-refractivity contribution in [2.24, 2.45) is 0 Å². The second-order valence-corrected chi connectivity index (χ2v) is 6.58. The first-order valence-electron chi connectivity index (χ1n) is 8.34. The van der Waals surface area contributed by atoms with Crippen molar-refractivity contribution in [1.82, 2.24) is 4.98 Å². The van der Waals surface area contributed by atoms with Crippen LogP contribution in [0.2, 0.25) is 5.02 Å². The third-order valence-electron chi connectivity index (χ3n) is 3.96. The molecule has 5 heteroatoms. The topological polar surface area (TPSA) is 34.1 Å². The third kappa shape index (κ3) is 4.03. The van der Waals surface area contributed by atoms with Crippen molar-refractivity contribution in [2.75, 3.05) is 11.9 Å². The Hall–Kier alpha value is -2.43. The summed E-state index contributed by atoms with van der Waals surface area (Å²) in [4.78, 5) is 4.89. The standard InChI is InChI=1S/C21H19ClN2OS/c1-3-25-20-10-11-23-13-19(20)24-15-8-9-17(18(22)12-15)21(26)16-7-5-4-6-14(16)2/h4-13,24H,3H2,1-2H3. The third-order valence-corrected chi connectivity index (χ3v) is 4.72. The average molecular weight is 383 g/mol. The number of nitrogens with one attached hydrogen (secondary N) is 1. The molecule has 0 atom stereocenters. The summed E-state index contributed by atoms with van der Waals surface area (Å²) in [6.45, 7) is 4.58. The molecule has 1 N–H and O–H groups in total. The molecule has 3 nitrogen and oxygen atoms in total. The maximum absolute atomic E-state index is 6.52. The number of thiocarbonyl (C=S) groups is 1. The summed E-state index contributed by atoms with van der Waals surface area (Å²) in [5.74, 6) is 0.748. The minimum Gasteiger partial charge on any atom is -0.492 e. The summed E-state index contributed by atoms with van der Waals surface area (Å²) in [6, 6.07) is 15.6. The predicted octanol–water partition coefficient (Wildman–Crippen LogP) is 5.95. The van der Waals surface area contributed by atoms with Gasteiger partial charge in [-0.1, -0.05) is 48.1 Å². The van der Waals surface area contributed by atoms with Crippen LogP contribution in [0.25, 0.3) is 0 Å². The van der Waals surface area contributed by atoms with Gasteiger partial charge in [-0.25, -0.2) is 0 Å². The highest BCUT2D eigenvalue weighted by Crippen LogP contribution is 2.30. The van der Waals surface area contributed by atoms with Gasteiger partial charge in [-0.05, 0) is 43.2 Å². The van der Waals surface area contributed by atoms with Crippen LogP contribution in [0.15, 0.2) is 60.9 Å². The van der Waals surface area contributed by atoms with Crippen LogP contribution in [0, 0.1) is 6.92 Å². The Morgan fingerprint density at radius 3 is 2.69 bits per heavy atom. The number of ether oxygens (including phenoxy) is 1. The van der Waals surface area contributed by atoms with Gasteiger partial charge in [0.25, 0.3) is 0 Å². The maximum Gasteiger partial charge on any atom is 0.145 e.